The molecule has 0 saturated carbocycles. The minimum Gasteiger partial charge on any atom is -0.508 e. The lowest BCUT2D eigenvalue weighted by Gasteiger charge is -2.34. The van der Waals surface area contributed by atoms with Crippen LogP contribution in [0.1, 0.15) is 27.6 Å². The minimum absolute atomic E-state index is 0.0588. The zero-order valence-corrected chi connectivity index (χ0v) is 16.6. The molecule has 10 nitrogen and oxygen atoms in total. The van der Waals surface area contributed by atoms with Crippen molar-refractivity contribution in [3.63, 3.8) is 0 Å². The average molecular weight is 460 g/mol. The number of halogens is 1. The monoisotopic (exact) mass is 460 g/mol. The van der Waals surface area contributed by atoms with Gasteiger partial charge in [-0.05, 0) is 12.1 Å². The van der Waals surface area contributed by atoms with Crippen LogP contribution in [0.15, 0.2) is 36.4 Å². The third-order valence-corrected chi connectivity index (χ3v) is 5.17. The van der Waals surface area contributed by atoms with Crippen LogP contribution in [0.3, 0.4) is 0 Å². The number of fused-ring (bicyclic) bond motifs is 1. The van der Waals surface area contributed by atoms with Crippen molar-refractivity contribution in [2.75, 3.05) is 0 Å². The molecule has 0 aliphatic carbocycles. The zero-order chi connectivity index (χ0) is 24.0. The van der Waals surface area contributed by atoms with E-state index in [0.29, 0.717) is 6.07 Å². The summed E-state index contributed by atoms with van der Waals surface area (Å²) in [6, 6.07) is 6.51. The van der Waals surface area contributed by atoms with Gasteiger partial charge in [0.15, 0.2) is 34.9 Å². The molecular formula is C22H17FO10. The van der Waals surface area contributed by atoms with Gasteiger partial charge in [-0.3, -0.25) is 0 Å². The maximum Gasteiger partial charge on any atom is 0.341 e. The van der Waals surface area contributed by atoms with E-state index in [1.54, 1.807) is 0 Å². The number of hydrogen-bond acceptors (Lipinski definition) is 10. The fraction of sp³-hybridized carbons (Fsp3) is 0.136. The Kier molecular flexibility index (Phi) is 5.16. The van der Waals surface area contributed by atoms with Crippen molar-refractivity contribution < 1.29 is 54.4 Å². The Morgan fingerprint density at radius 1 is 0.879 bits per heavy atom. The summed E-state index contributed by atoms with van der Waals surface area (Å²) in [5.41, 5.74) is -0.481. The molecule has 0 bridgehead atoms. The standard InChI is InChI=1S/C22H17FO10/c23-18-11(6-15(28)19(29)20(18)30)22(31)33-17-7-10-13(26)4-9(24)5-16(10)32-21(17)8-1-2-12(25)14(27)3-8/h1-6,17,21,24-30H,7H2/t17-,21?/m1/s1. The summed E-state index contributed by atoms with van der Waals surface area (Å²) in [5.74, 6) is -7.83. The highest BCUT2D eigenvalue weighted by molar-refractivity contribution is 5.91. The number of benzene rings is 3. The number of aromatic hydroxyl groups is 7. The maximum atomic E-state index is 14.3. The van der Waals surface area contributed by atoms with Crippen molar-refractivity contribution >= 4 is 5.97 Å². The summed E-state index contributed by atoms with van der Waals surface area (Å²) in [6.45, 7) is 0. The van der Waals surface area contributed by atoms with Crippen LogP contribution >= 0.6 is 0 Å². The number of hydrogen-bond donors (Lipinski definition) is 7. The average Bonchev–Trinajstić information content (AvgIpc) is 2.76. The first-order chi connectivity index (χ1) is 15.6. The minimum atomic E-state index is -1.53. The lowest BCUT2D eigenvalue weighted by atomic mass is 9.93. The molecule has 3 aromatic carbocycles. The summed E-state index contributed by atoms with van der Waals surface area (Å²) >= 11 is 0. The lowest BCUT2D eigenvalue weighted by molar-refractivity contribution is -0.0192. The largest absolute Gasteiger partial charge is 0.508 e. The van der Waals surface area contributed by atoms with E-state index in [2.05, 4.69) is 0 Å². The quantitative estimate of drug-likeness (QED) is 0.227. The van der Waals surface area contributed by atoms with Gasteiger partial charge in [-0.15, -0.1) is 0 Å². The first-order valence-electron chi connectivity index (χ1n) is 9.44. The van der Waals surface area contributed by atoms with Crippen LogP contribution in [-0.2, 0) is 11.2 Å². The molecule has 11 heteroatoms. The van der Waals surface area contributed by atoms with Crippen LogP contribution in [-0.4, -0.2) is 47.8 Å². The highest BCUT2D eigenvalue weighted by Crippen LogP contribution is 2.44. The van der Waals surface area contributed by atoms with Crippen LogP contribution in [0.5, 0.6) is 46.0 Å². The number of carbonyl (C=O) groups is 1. The molecule has 2 atom stereocenters. The Labute approximate surface area is 184 Å². The van der Waals surface area contributed by atoms with Crippen LogP contribution in [0.4, 0.5) is 4.39 Å². The molecular weight excluding hydrogens is 443 g/mol. The van der Waals surface area contributed by atoms with E-state index in [4.69, 9.17) is 9.47 Å². The molecule has 1 aliphatic rings. The number of carbonyl (C=O) groups excluding carboxylic acids is 1. The molecule has 1 heterocycles. The fourth-order valence-electron chi connectivity index (χ4n) is 3.52. The van der Waals surface area contributed by atoms with Gasteiger partial charge in [-0.1, -0.05) is 6.07 Å². The second kappa shape index (κ2) is 7.86. The van der Waals surface area contributed by atoms with Gasteiger partial charge in [-0.25, -0.2) is 9.18 Å². The van der Waals surface area contributed by atoms with Gasteiger partial charge in [0.2, 0.25) is 5.75 Å². The Balaban J connectivity index is 1.75. The Morgan fingerprint density at radius 3 is 2.30 bits per heavy atom. The van der Waals surface area contributed by atoms with E-state index in [9.17, 15) is 44.9 Å². The molecule has 7 N–H and O–H groups in total. The Hall–Kier alpha value is -4.54. The maximum absolute atomic E-state index is 14.3. The summed E-state index contributed by atoms with van der Waals surface area (Å²) in [4.78, 5) is 12.7. The third-order valence-electron chi connectivity index (χ3n) is 5.17. The second-order valence-electron chi connectivity index (χ2n) is 7.33. The molecule has 0 saturated heterocycles. The second-order valence-corrected chi connectivity index (χ2v) is 7.33. The van der Waals surface area contributed by atoms with Gasteiger partial charge < -0.3 is 45.2 Å². The van der Waals surface area contributed by atoms with Gasteiger partial charge in [0.05, 0.1) is 0 Å². The molecule has 3 aromatic rings. The van der Waals surface area contributed by atoms with Crippen molar-refractivity contribution in [1.82, 2.24) is 0 Å². The number of esters is 1. The number of rotatable bonds is 3. The normalized spacial score (nSPS) is 17.1. The van der Waals surface area contributed by atoms with Crippen molar-refractivity contribution in [3.8, 4) is 46.0 Å². The van der Waals surface area contributed by atoms with E-state index >= 15 is 0 Å². The van der Waals surface area contributed by atoms with Crippen molar-refractivity contribution in [3.05, 3.63) is 58.9 Å². The molecule has 1 unspecified atom stereocenters. The van der Waals surface area contributed by atoms with Crippen LogP contribution in [0.2, 0.25) is 0 Å². The molecule has 0 fully saturated rings. The SMILES string of the molecule is O=C(O[C@@H]1Cc2c(O)cc(O)cc2OC1c1ccc(O)c(O)c1)c1cc(O)c(O)c(O)c1F. The number of ether oxygens (including phenoxy) is 2. The van der Waals surface area contributed by atoms with Crippen LogP contribution in [0.25, 0.3) is 0 Å². The van der Waals surface area contributed by atoms with Gasteiger partial charge in [0.25, 0.3) is 0 Å². The van der Waals surface area contributed by atoms with Crippen molar-refractivity contribution in [2.45, 2.75) is 18.6 Å². The van der Waals surface area contributed by atoms with Gasteiger partial charge >= 0.3 is 5.97 Å². The van der Waals surface area contributed by atoms with E-state index < -0.39 is 58.3 Å². The fourth-order valence-corrected chi connectivity index (χ4v) is 3.52. The molecule has 0 spiro atoms. The van der Waals surface area contributed by atoms with E-state index in [0.717, 1.165) is 18.2 Å². The zero-order valence-electron chi connectivity index (χ0n) is 16.6. The topological polar surface area (TPSA) is 177 Å². The van der Waals surface area contributed by atoms with Crippen molar-refractivity contribution in [2.24, 2.45) is 0 Å². The van der Waals surface area contributed by atoms with E-state index in [-0.39, 0.29) is 34.8 Å². The van der Waals surface area contributed by atoms with Gasteiger partial charge in [0, 0.05) is 35.7 Å². The Morgan fingerprint density at radius 2 is 1.61 bits per heavy atom. The lowest BCUT2D eigenvalue weighted by Crippen LogP contribution is -2.35. The molecule has 1 aliphatic heterocycles. The highest BCUT2D eigenvalue weighted by atomic mass is 19.1. The molecule has 4 rings (SSSR count). The molecule has 33 heavy (non-hydrogen) atoms. The molecule has 0 radical (unpaired) electrons. The molecule has 172 valence electrons. The molecule has 0 amide bonds. The van der Waals surface area contributed by atoms with E-state index in [1.807, 2.05) is 0 Å². The summed E-state index contributed by atoms with van der Waals surface area (Å²) in [5, 5.41) is 68.0. The predicted molar refractivity (Wildman–Crippen MR) is 107 cm³/mol. The van der Waals surface area contributed by atoms with Crippen LogP contribution < -0.4 is 4.74 Å². The predicted octanol–water partition coefficient (Wildman–Crippen LogP) is 2.67. The Bertz CT molecular complexity index is 1270. The number of phenols is 7. The summed E-state index contributed by atoms with van der Waals surface area (Å²) in [6.07, 6.45) is -2.55. The molecule has 0 aromatic heterocycles. The first kappa shape index (κ1) is 21.7. The summed E-state index contributed by atoms with van der Waals surface area (Å²) < 4.78 is 25.5. The van der Waals surface area contributed by atoms with Crippen LogP contribution in [0, 0.1) is 5.82 Å². The highest BCUT2D eigenvalue weighted by Gasteiger charge is 2.37. The van der Waals surface area contributed by atoms with Gasteiger partial charge in [0.1, 0.15) is 28.9 Å². The first-order valence-corrected chi connectivity index (χ1v) is 9.44. The third kappa shape index (κ3) is 3.80. The summed E-state index contributed by atoms with van der Waals surface area (Å²) in [7, 11) is 0. The van der Waals surface area contributed by atoms with Gasteiger partial charge in [-0.2, -0.15) is 0 Å². The van der Waals surface area contributed by atoms with Crippen molar-refractivity contribution in [1.29, 1.82) is 0 Å². The van der Waals surface area contributed by atoms with E-state index in [1.165, 1.54) is 12.1 Å². The number of phenolic OH excluding ortho intramolecular Hbond substituents is 7. The smallest absolute Gasteiger partial charge is 0.341 e.